The average molecular weight is 168 g/mol. The zero-order chi connectivity index (χ0) is 9.14. The molecule has 0 spiro atoms. The van der Waals surface area contributed by atoms with E-state index in [1.807, 2.05) is 0 Å². The van der Waals surface area contributed by atoms with Gasteiger partial charge in [0.1, 0.15) is 0 Å². The molecule has 0 fully saturated rings. The summed E-state index contributed by atoms with van der Waals surface area (Å²) in [7, 11) is 0. The van der Waals surface area contributed by atoms with Crippen LogP contribution in [0.3, 0.4) is 0 Å². The van der Waals surface area contributed by atoms with Gasteiger partial charge in [-0.2, -0.15) is 0 Å². The maximum absolute atomic E-state index is 5.62. The molecular formula is C9H16N2O. The number of nitrogens with zero attached hydrogens (tertiary/aromatic N) is 1. The molecule has 1 aromatic heterocycles. The maximum Gasteiger partial charge on any atom is 0.225 e. The third kappa shape index (κ3) is 1.44. The van der Waals surface area contributed by atoms with E-state index in [1.54, 1.807) is 0 Å². The van der Waals surface area contributed by atoms with E-state index in [0.29, 0.717) is 11.8 Å². The summed E-state index contributed by atoms with van der Waals surface area (Å²) in [5.41, 5.74) is 7.71. The van der Waals surface area contributed by atoms with Crippen molar-refractivity contribution in [2.45, 2.75) is 39.5 Å². The van der Waals surface area contributed by atoms with Crippen molar-refractivity contribution in [1.82, 2.24) is 5.16 Å². The van der Waals surface area contributed by atoms with E-state index in [1.165, 1.54) is 0 Å². The van der Waals surface area contributed by atoms with E-state index in [9.17, 15) is 0 Å². The van der Waals surface area contributed by atoms with Gasteiger partial charge >= 0.3 is 0 Å². The number of nitrogen functional groups attached to an aromatic ring is 1. The number of hydrogen-bond donors (Lipinski definition) is 1. The summed E-state index contributed by atoms with van der Waals surface area (Å²) < 4.78 is 4.94. The number of hydrogen-bond acceptors (Lipinski definition) is 3. The van der Waals surface area contributed by atoms with Crippen LogP contribution < -0.4 is 5.73 Å². The first kappa shape index (κ1) is 9.10. The van der Waals surface area contributed by atoms with Crippen LogP contribution in [-0.2, 0) is 6.42 Å². The Labute approximate surface area is 72.9 Å². The Kier molecular flexibility index (Phi) is 2.74. The van der Waals surface area contributed by atoms with Gasteiger partial charge in [0.05, 0.1) is 5.69 Å². The highest BCUT2D eigenvalue weighted by Gasteiger charge is 2.15. The molecule has 0 aliphatic heterocycles. The van der Waals surface area contributed by atoms with Gasteiger partial charge in [-0.1, -0.05) is 25.9 Å². The van der Waals surface area contributed by atoms with Crippen molar-refractivity contribution in [2.75, 3.05) is 5.73 Å². The van der Waals surface area contributed by atoms with Crippen LogP contribution in [0.2, 0.25) is 0 Å². The van der Waals surface area contributed by atoms with Gasteiger partial charge in [0, 0.05) is 11.5 Å². The first-order valence-electron chi connectivity index (χ1n) is 4.44. The normalized spacial score (nSPS) is 13.2. The molecule has 0 aliphatic carbocycles. The molecule has 0 amide bonds. The molecular weight excluding hydrogens is 152 g/mol. The zero-order valence-corrected chi connectivity index (χ0v) is 7.92. The lowest BCUT2D eigenvalue weighted by Crippen LogP contribution is -1.97. The second kappa shape index (κ2) is 3.61. The Hall–Kier alpha value is -0.990. The molecule has 2 N–H and O–H groups in total. The Morgan fingerprint density at radius 3 is 2.67 bits per heavy atom. The molecule has 3 nitrogen and oxygen atoms in total. The smallest absolute Gasteiger partial charge is 0.225 e. The summed E-state index contributed by atoms with van der Waals surface area (Å²) >= 11 is 0. The van der Waals surface area contributed by atoms with Gasteiger partial charge in [0.2, 0.25) is 5.88 Å². The molecule has 1 aromatic rings. The van der Waals surface area contributed by atoms with Crippen LogP contribution in [0.4, 0.5) is 5.88 Å². The number of rotatable bonds is 3. The fourth-order valence-electron chi connectivity index (χ4n) is 1.27. The fourth-order valence-corrected chi connectivity index (χ4v) is 1.27. The van der Waals surface area contributed by atoms with Crippen molar-refractivity contribution in [2.24, 2.45) is 0 Å². The SMILES string of the molecule is CCc1c(C(C)CC)noc1N. The number of anilines is 1. The van der Waals surface area contributed by atoms with E-state index < -0.39 is 0 Å². The molecule has 0 radical (unpaired) electrons. The highest BCUT2D eigenvalue weighted by molar-refractivity contribution is 5.40. The van der Waals surface area contributed by atoms with Crippen molar-refractivity contribution < 1.29 is 4.52 Å². The Balaban J connectivity index is 2.98. The molecule has 3 heteroatoms. The van der Waals surface area contributed by atoms with E-state index >= 15 is 0 Å². The quantitative estimate of drug-likeness (QED) is 0.753. The minimum atomic E-state index is 0.445. The summed E-state index contributed by atoms with van der Waals surface area (Å²) in [6, 6.07) is 0. The van der Waals surface area contributed by atoms with Gasteiger partial charge in [0.15, 0.2) is 0 Å². The third-order valence-corrected chi connectivity index (χ3v) is 2.28. The van der Waals surface area contributed by atoms with Crippen LogP contribution in [0.25, 0.3) is 0 Å². The van der Waals surface area contributed by atoms with Crippen molar-refractivity contribution in [3.8, 4) is 0 Å². The predicted molar refractivity (Wildman–Crippen MR) is 49.0 cm³/mol. The molecule has 0 aliphatic rings. The second-order valence-corrected chi connectivity index (χ2v) is 3.07. The summed E-state index contributed by atoms with van der Waals surface area (Å²) in [6.07, 6.45) is 1.97. The van der Waals surface area contributed by atoms with Gasteiger partial charge in [-0.3, -0.25) is 0 Å². The zero-order valence-electron chi connectivity index (χ0n) is 7.92. The van der Waals surface area contributed by atoms with Crippen LogP contribution in [0.1, 0.15) is 44.4 Å². The van der Waals surface area contributed by atoms with Crippen LogP contribution in [0, 0.1) is 0 Å². The third-order valence-electron chi connectivity index (χ3n) is 2.28. The molecule has 1 rings (SSSR count). The molecule has 68 valence electrons. The molecule has 1 unspecified atom stereocenters. The predicted octanol–water partition coefficient (Wildman–Crippen LogP) is 2.33. The van der Waals surface area contributed by atoms with Crippen LogP contribution in [0.15, 0.2) is 4.52 Å². The van der Waals surface area contributed by atoms with E-state index in [2.05, 4.69) is 25.9 Å². The topological polar surface area (TPSA) is 52.0 Å². The maximum atomic E-state index is 5.62. The highest BCUT2D eigenvalue weighted by atomic mass is 16.5. The van der Waals surface area contributed by atoms with E-state index in [-0.39, 0.29) is 0 Å². The van der Waals surface area contributed by atoms with Gasteiger partial charge < -0.3 is 10.3 Å². The Bertz CT molecular complexity index is 255. The number of aromatic nitrogens is 1. The largest absolute Gasteiger partial charge is 0.367 e. The molecule has 0 aromatic carbocycles. The first-order valence-corrected chi connectivity index (χ1v) is 4.44. The average Bonchev–Trinajstić information content (AvgIpc) is 2.45. The molecule has 12 heavy (non-hydrogen) atoms. The number of nitrogens with two attached hydrogens (primary N) is 1. The molecule has 1 heterocycles. The van der Waals surface area contributed by atoms with Crippen LogP contribution in [-0.4, -0.2) is 5.16 Å². The monoisotopic (exact) mass is 168 g/mol. The Morgan fingerprint density at radius 2 is 2.17 bits per heavy atom. The lowest BCUT2D eigenvalue weighted by atomic mass is 10.00. The van der Waals surface area contributed by atoms with Crippen molar-refractivity contribution in [3.05, 3.63) is 11.3 Å². The Morgan fingerprint density at radius 1 is 1.50 bits per heavy atom. The summed E-state index contributed by atoms with van der Waals surface area (Å²) in [6.45, 7) is 6.33. The molecule has 1 atom stereocenters. The van der Waals surface area contributed by atoms with Crippen LogP contribution in [0.5, 0.6) is 0 Å². The lowest BCUT2D eigenvalue weighted by molar-refractivity contribution is 0.420. The van der Waals surface area contributed by atoms with Crippen molar-refractivity contribution >= 4 is 5.88 Å². The molecule has 0 saturated heterocycles. The minimum Gasteiger partial charge on any atom is -0.367 e. The minimum absolute atomic E-state index is 0.445. The second-order valence-electron chi connectivity index (χ2n) is 3.07. The highest BCUT2D eigenvalue weighted by Crippen LogP contribution is 2.25. The molecule has 0 bridgehead atoms. The lowest BCUT2D eigenvalue weighted by Gasteiger charge is -2.04. The van der Waals surface area contributed by atoms with Gasteiger partial charge in [-0.05, 0) is 12.8 Å². The van der Waals surface area contributed by atoms with Crippen LogP contribution >= 0.6 is 0 Å². The summed E-state index contributed by atoms with van der Waals surface area (Å²) in [5.74, 6) is 0.925. The van der Waals surface area contributed by atoms with Gasteiger partial charge in [-0.25, -0.2) is 0 Å². The van der Waals surface area contributed by atoms with Gasteiger partial charge in [0.25, 0.3) is 0 Å². The van der Waals surface area contributed by atoms with Gasteiger partial charge in [-0.15, -0.1) is 0 Å². The van der Waals surface area contributed by atoms with Crippen molar-refractivity contribution in [1.29, 1.82) is 0 Å². The van der Waals surface area contributed by atoms with E-state index in [4.69, 9.17) is 10.3 Å². The standard InChI is InChI=1S/C9H16N2O/c1-4-6(3)8-7(5-2)9(10)12-11-8/h6H,4-5,10H2,1-3H3. The first-order chi connectivity index (χ1) is 5.70. The summed E-state index contributed by atoms with van der Waals surface area (Å²) in [5, 5.41) is 3.96. The summed E-state index contributed by atoms with van der Waals surface area (Å²) in [4.78, 5) is 0. The van der Waals surface area contributed by atoms with E-state index in [0.717, 1.165) is 24.1 Å². The fraction of sp³-hybridized carbons (Fsp3) is 0.667. The molecule has 0 saturated carbocycles. The van der Waals surface area contributed by atoms with Crippen molar-refractivity contribution in [3.63, 3.8) is 0 Å².